The fourth-order valence-electron chi connectivity index (χ4n) is 1.66. The SMILES string of the molecule is Cn1ncnc1CNc1ccnc(C2CC2)n1. The van der Waals surface area contributed by atoms with Crippen LogP contribution in [0.15, 0.2) is 18.6 Å². The second-order valence-electron chi connectivity index (χ2n) is 4.23. The van der Waals surface area contributed by atoms with Gasteiger partial charge in [-0.25, -0.2) is 15.0 Å². The van der Waals surface area contributed by atoms with Crippen LogP contribution >= 0.6 is 0 Å². The standard InChI is InChI=1S/C11H14N6/c1-17-10(14-7-15-17)6-13-9-4-5-12-11(16-9)8-2-3-8/h4-5,7-8H,2-3,6H2,1H3,(H,12,13,16). The number of nitrogens with one attached hydrogen (secondary N) is 1. The molecule has 0 radical (unpaired) electrons. The Balaban J connectivity index is 1.68. The molecule has 6 heteroatoms. The Morgan fingerprint density at radius 2 is 2.29 bits per heavy atom. The second-order valence-corrected chi connectivity index (χ2v) is 4.23. The second kappa shape index (κ2) is 4.12. The van der Waals surface area contributed by atoms with Crippen molar-refractivity contribution in [2.24, 2.45) is 7.05 Å². The quantitative estimate of drug-likeness (QED) is 0.851. The van der Waals surface area contributed by atoms with Gasteiger partial charge in [0.1, 0.15) is 23.8 Å². The summed E-state index contributed by atoms with van der Waals surface area (Å²) in [4.78, 5) is 12.9. The molecule has 3 rings (SSSR count). The number of anilines is 1. The van der Waals surface area contributed by atoms with Gasteiger partial charge < -0.3 is 5.32 Å². The molecule has 1 aliphatic carbocycles. The van der Waals surface area contributed by atoms with Gasteiger partial charge in [-0.15, -0.1) is 0 Å². The average molecular weight is 230 g/mol. The molecule has 0 aromatic carbocycles. The van der Waals surface area contributed by atoms with Crippen LogP contribution in [0.3, 0.4) is 0 Å². The fraction of sp³-hybridized carbons (Fsp3) is 0.455. The van der Waals surface area contributed by atoms with Gasteiger partial charge in [0.15, 0.2) is 0 Å². The van der Waals surface area contributed by atoms with E-state index >= 15 is 0 Å². The minimum Gasteiger partial charge on any atom is -0.363 e. The van der Waals surface area contributed by atoms with E-state index in [1.807, 2.05) is 13.1 Å². The lowest BCUT2D eigenvalue weighted by atomic mass is 10.4. The summed E-state index contributed by atoms with van der Waals surface area (Å²) in [6.07, 6.45) is 5.78. The van der Waals surface area contributed by atoms with Crippen LogP contribution in [-0.4, -0.2) is 24.7 Å². The zero-order valence-corrected chi connectivity index (χ0v) is 9.67. The lowest BCUT2D eigenvalue weighted by Crippen LogP contribution is -2.08. The molecule has 6 nitrogen and oxygen atoms in total. The summed E-state index contributed by atoms with van der Waals surface area (Å²) in [6.45, 7) is 0.623. The van der Waals surface area contributed by atoms with Crippen molar-refractivity contribution in [3.8, 4) is 0 Å². The summed E-state index contributed by atoms with van der Waals surface area (Å²) >= 11 is 0. The third kappa shape index (κ3) is 2.25. The van der Waals surface area contributed by atoms with Crippen LogP contribution in [-0.2, 0) is 13.6 Å². The highest BCUT2D eigenvalue weighted by atomic mass is 15.3. The van der Waals surface area contributed by atoms with Crippen molar-refractivity contribution in [3.05, 3.63) is 30.2 Å². The van der Waals surface area contributed by atoms with Gasteiger partial charge in [-0.1, -0.05) is 0 Å². The van der Waals surface area contributed by atoms with E-state index in [1.54, 1.807) is 17.2 Å². The number of hydrogen-bond acceptors (Lipinski definition) is 5. The molecular weight excluding hydrogens is 216 g/mol. The molecule has 1 fully saturated rings. The molecule has 0 amide bonds. The maximum atomic E-state index is 4.48. The first-order valence-corrected chi connectivity index (χ1v) is 5.72. The number of aromatic nitrogens is 5. The summed E-state index contributed by atoms with van der Waals surface area (Å²) < 4.78 is 1.75. The first kappa shape index (κ1) is 10.2. The molecule has 0 spiro atoms. The maximum absolute atomic E-state index is 4.48. The normalized spacial score (nSPS) is 14.9. The molecule has 0 unspecified atom stereocenters. The molecule has 0 aliphatic heterocycles. The fourth-order valence-corrected chi connectivity index (χ4v) is 1.66. The number of hydrogen-bond donors (Lipinski definition) is 1. The van der Waals surface area contributed by atoms with E-state index in [0.717, 1.165) is 17.5 Å². The van der Waals surface area contributed by atoms with Crippen molar-refractivity contribution in [1.82, 2.24) is 24.7 Å². The van der Waals surface area contributed by atoms with Crippen LogP contribution in [0.5, 0.6) is 0 Å². The Morgan fingerprint density at radius 3 is 3.00 bits per heavy atom. The molecule has 17 heavy (non-hydrogen) atoms. The van der Waals surface area contributed by atoms with Gasteiger partial charge in [0.05, 0.1) is 6.54 Å². The van der Waals surface area contributed by atoms with E-state index < -0.39 is 0 Å². The van der Waals surface area contributed by atoms with Crippen molar-refractivity contribution >= 4 is 5.82 Å². The summed E-state index contributed by atoms with van der Waals surface area (Å²) in [5.74, 6) is 3.26. The molecule has 0 bridgehead atoms. The summed E-state index contributed by atoms with van der Waals surface area (Å²) in [7, 11) is 1.87. The molecule has 2 aromatic heterocycles. The summed E-state index contributed by atoms with van der Waals surface area (Å²) in [6, 6.07) is 1.88. The van der Waals surface area contributed by atoms with E-state index in [9.17, 15) is 0 Å². The Labute approximate surface area is 99.1 Å². The summed E-state index contributed by atoms with van der Waals surface area (Å²) in [5.41, 5.74) is 0. The average Bonchev–Trinajstić information content (AvgIpc) is 3.12. The molecule has 0 atom stereocenters. The predicted octanol–water partition coefficient (Wildman–Crippen LogP) is 1.09. The van der Waals surface area contributed by atoms with E-state index in [-0.39, 0.29) is 0 Å². The minimum absolute atomic E-state index is 0.576. The van der Waals surface area contributed by atoms with Gasteiger partial charge in [-0.2, -0.15) is 5.10 Å². The van der Waals surface area contributed by atoms with Gasteiger partial charge in [-0.05, 0) is 18.9 Å². The maximum Gasteiger partial charge on any atom is 0.145 e. The van der Waals surface area contributed by atoms with Crippen molar-refractivity contribution in [1.29, 1.82) is 0 Å². The smallest absolute Gasteiger partial charge is 0.145 e. The van der Waals surface area contributed by atoms with Crippen LogP contribution < -0.4 is 5.32 Å². The van der Waals surface area contributed by atoms with Crippen LogP contribution in [0.4, 0.5) is 5.82 Å². The molecule has 1 N–H and O–H groups in total. The number of nitrogens with zero attached hydrogens (tertiary/aromatic N) is 5. The van der Waals surface area contributed by atoms with Gasteiger partial charge in [0, 0.05) is 19.2 Å². The van der Waals surface area contributed by atoms with Crippen LogP contribution in [0.25, 0.3) is 0 Å². The molecule has 2 heterocycles. The van der Waals surface area contributed by atoms with Crippen molar-refractivity contribution in [3.63, 3.8) is 0 Å². The van der Waals surface area contributed by atoms with Crippen LogP contribution in [0.1, 0.15) is 30.4 Å². The largest absolute Gasteiger partial charge is 0.363 e. The highest BCUT2D eigenvalue weighted by Crippen LogP contribution is 2.37. The van der Waals surface area contributed by atoms with E-state index in [2.05, 4.69) is 25.4 Å². The topological polar surface area (TPSA) is 68.5 Å². The lowest BCUT2D eigenvalue weighted by molar-refractivity contribution is 0.711. The molecular formula is C11H14N6. The molecule has 0 saturated heterocycles. The third-order valence-corrected chi connectivity index (χ3v) is 2.85. The minimum atomic E-state index is 0.576. The Bertz CT molecular complexity index is 516. The van der Waals surface area contributed by atoms with Gasteiger partial charge in [0.2, 0.25) is 0 Å². The van der Waals surface area contributed by atoms with E-state index in [4.69, 9.17) is 0 Å². The molecule has 1 aliphatic rings. The Morgan fingerprint density at radius 1 is 1.41 bits per heavy atom. The third-order valence-electron chi connectivity index (χ3n) is 2.85. The molecule has 2 aromatic rings. The van der Waals surface area contributed by atoms with Crippen molar-refractivity contribution in [2.75, 3.05) is 5.32 Å². The van der Waals surface area contributed by atoms with Crippen molar-refractivity contribution in [2.45, 2.75) is 25.3 Å². The van der Waals surface area contributed by atoms with Crippen LogP contribution in [0, 0.1) is 0 Å². The predicted molar refractivity (Wildman–Crippen MR) is 62.3 cm³/mol. The van der Waals surface area contributed by atoms with E-state index in [0.29, 0.717) is 12.5 Å². The van der Waals surface area contributed by atoms with Crippen LogP contribution in [0.2, 0.25) is 0 Å². The highest BCUT2D eigenvalue weighted by molar-refractivity contribution is 5.34. The van der Waals surface area contributed by atoms with E-state index in [1.165, 1.54) is 12.8 Å². The Hall–Kier alpha value is -1.98. The zero-order valence-electron chi connectivity index (χ0n) is 9.67. The van der Waals surface area contributed by atoms with Gasteiger partial charge >= 0.3 is 0 Å². The lowest BCUT2D eigenvalue weighted by Gasteiger charge is -2.05. The highest BCUT2D eigenvalue weighted by Gasteiger charge is 2.26. The molecule has 88 valence electrons. The number of rotatable bonds is 4. The monoisotopic (exact) mass is 230 g/mol. The van der Waals surface area contributed by atoms with Gasteiger partial charge in [0.25, 0.3) is 0 Å². The van der Waals surface area contributed by atoms with Crippen molar-refractivity contribution < 1.29 is 0 Å². The van der Waals surface area contributed by atoms with Gasteiger partial charge in [-0.3, -0.25) is 4.68 Å². The molecule has 1 saturated carbocycles. The first-order valence-electron chi connectivity index (χ1n) is 5.72. The Kier molecular flexibility index (Phi) is 2.47. The number of aryl methyl sites for hydroxylation is 1. The zero-order chi connectivity index (χ0) is 11.7. The first-order chi connectivity index (χ1) is 8.33. The summed E-state index contributed by atoms with van der Waals surface area (Å²) in [5, 5.41) is 7.25.